The van der Waals surface area contributed by atoms with E-state index in [2.05, 4.69) is 81.5 Å². The zero-order valence-electron chi connectivity index (χ0n) is 44.2. The highest BCUT2D eigenvalue weighted by Crippen LogP contribution is 2.16. The standard InChI is InChI=1S/C61H110O5/c1-4-7-10-13-16-19-22-25-28-30-31-32-34-36-39-42-45-48-51-54-60(62)65-58-59(57-64-56-53-50-47-44-41-38-35-29-26-23-20-17-14-11-8-5-2)66-61(63)55-52-49-46-43-40-37-33-27-24-21-18-15-12-9-6-3/h9,12,18,21,25,27-28,33,40,43,59H,4-8,10-11,13-17,19-20,22-24,26,29-32,34-39,41-42,44-58H2,1-3H3/b12-9-,21-18-,28-25-,33-27-,43-40-/t59-/m1/s1. The minimum Gasteiger partial charge on any atom is -0.462 e. The predicted octanol–water partition coefficient (Wildman–Crippen LogP) is 19.7. The van der Waals surface area contributed by atoms with Crippen molar-refractivity contribution in [3.8, 4) is 0 Å². The molecule has 66 heavy (non-hydrogen) atoms. The molecule has 0 N–H and O–H groups in total. The van der Waals surface area contributed by atoms with E-state index in [0.29, 0.717) is 19.4 Å². The SMILES string of the molecule is CC/C=C\C/C=C\C/C=C\C/C=C\CCCCC(=O)O[C@H](COCCCCCCCCCCCCCCCCCC)COC(=O)CCCCCCCCCCC/C=C\CCCCCCCC. The first-order valence-corrected chi connectivity index (χ1v) is 28.8. The fourth-order valence-corrected chi connectivity index (χ4v) is 8.26. The van der Waals surface area contributed by atoms with Crippen molar-refractivity contribution in [2.45, 2.75) is 297 Å². The molecule has 0 fully saturated rings. The summed E-state index contributed by atoms with van der Waals surface area (Å²) in [5, 5.41) is 0. The summed E-state index contributed by atoms with van der Waals surface area (Å²) in [7, 11) is 0. The summed E-state index contributed by atoms with van der Waals surface area (Å²) in [6.07, 6.45) is 72.5. The molecular weight excluding hydrogens is 813 g/mol. The second-order valence-corrected chi connectivity index (χ2v) is 19.2. The molecule has 0 aliphatic rings. The van der Waals surface area contributed by atoms with Crippen LogP contribution in [0.4, 0.5) is 0 Å². The van der Waals surface area contributed by atoms with Gasteiger partial charge in [0, 0.05) is 19.4 Å². The van der Waals surface area contributed by atoms with Gasteiger partial charge in [-0.3, -0.25) is 9.59 Å². The Bertz CT molecular complexity index is 1130. The molecule has 0 rings (SSSR count). The minimum absolute atomic E-state index is 0.0698. The molecule has 0 saturated heterocycles. The molecule has 0 aliphatic carbocycles. The summed E-state index contributed by atoms with van der Waals surface area (Å²) in [6, 6.07) is 0. The summed E-state index contributed by atoms with van der Waals surface area (Å²) < 4.78 is 17.4. The molecule has 1 atom stereocenters. The topological polar surface area (TPSA) is 61.8 Å². The molecule has 0 radical (unpaired) electrons. The Labute approximate surface area is 411 Å². The maximum atomic E-state index is 12.8. The van der Waals surface area contributed by atoms with Crippen molar-refractivity contribution in [3.63, 3.8) is 0 Å². The molecule has 0 bridgehead atoms. The van der Waals surface area contributed by atoms with Gasteiger partial charge in [-0.25, -0.2) is 0 Å². The maximum absolute atomic E-state index is 12.8. The quantitative estimate of drug-likeness (QED) is 0.0346. The van der Waals surface area contributed by atoms with Crippen LogP contribution in [0.1, 0.15) is 290 Å². The van der Waals surface area contributed by atoms with E-state index in [1.807, 2.05) is 0 Å². The van der Waals surface area contributed by atoms with Crippen LogP contribution >= 0.6 is 0 Å². The number of ether oxygens (including phenoxy) is 3. The molecule has 5 heteroatoms. The van der Waals surface area contributed by atoms with Crippen LogP contribution < -0.4 is 0 Å². The number of allylic oxidation sites excluding steroid dienone is 10. The van der Waals surface area contributed by atoms with Gasteiger partial charge < -0.3 is 14.2 Å². The highest BCUT2D eigenvalue weighted by molar-refractivity contribution is 5.70. The zero-order chi connectivity index (χ0) is 47.7. The molecule has 0 aromatic carbocycles. The molecule has 0 spiro atoms. The molecule has 0 saturated carbocycles. The van der Waals surface area contributed by atoms with Gasteiger partial charge in [0.15, 0.2) is 6.10 Å². The van der Waals surface area contributed by atoms with E-state index in [1.165, 1.54) is 186 Å². The van der Waals surface area contributed by atoms with Gasteiger partial charge in [-0.05, 0) is 83.5 Å². The largest absolute Gasteiger partial charge is 0.462 e. The van der Waals surface area contributed by atoms with E-state index < -0.39 is 6.10 Å². The third-order valence-corrected chi connectivity index (χ3v) is 12.5. The summed E-state index contributed by atoms with van der Waals surface area (Å²) in [6.45, 7) is 7.71. The van der Waals surface area contributed by atoms with Crippen LogP contribution in [0.25, 0.3) is 0 Å². The van der Waals surface area contributed by atoms with E-state index >= 15 is 0 Å². The van der Waals surface area contributed by atoms with Gasteiger partial charge in [-0.15, -0.1) is 0 Å². The summed E-state index contributed by atoms with van der Waals surface area (Å²) >= 11 is 0. The van der Waals surface area contributed by atoms with Crippen molar-refractivity contribution in [2.75, 3.05) is 19.8 Å². The van der Waals surface area contributed by atoms with E-state index in [1.54, 1.807) is 0 Å². The lowest BCUT2D eigenvalue weighted by Gasteiger charge is -2.18. The number of hydrogen-bond donors (Lipinski definition) is 0. The molecule has 0 aromatic rings. The molecular formula is C61H110O5. The van der Waals surface area contributed by atoms with Crippen molar-refractivity contribution < 1.29 is 23.8 Å². The van der Waals surface area contributed by atoms with Crippen LogP contribution in [-0.4, -0.2) is 37.9 Å². The van der Waals surface area contributed by atoms with Crippen molar-refractivity contribution in [3.05, 3.63) is 60.8 Å². The summed E-state index contributed by atoms with van der Waals surface area (Å²) in [5.41, 5.74) is 0. The lowest BCUT2D eigenvalue weighted by Crippen LogP contribution is -2.30. The van der Waals surface area contributed by atoms with Gasteiger partial charge in [-0.1, -0.05) is 255 Å². The van der Waals surface area contributed by atoms with Gasteiger partial charge in [0.1, 0.15) is 6.61 Å². The average molecular weight is 924 g/mol. The van der Waals surface area contributed by atoms with Gasteiger partial charge in [-0.2, -0.15) is 0 Å². The monoisotopic (exact) mass is 923 g/mol. The molecule has 0 aromatic heterocycles. The molecule has 0 amide bonds. The lowest BCUT2D eigenvalue weighted by molar-refractivity contribution is -0.163. The highest BCUT2D eigenvalue weighted by Gasteiger charge is 2.17. The molecule has 0 unspecified atom stereocenters. The van der Waals surface area contributed by atoms with Crippen LogP contribution in [0.15, 0.2) is 60.8 Å². The smallest absolute Gasteiger partial charge is 0.306 e. The summed E-state index contributed by atoms with van der Waals surface area (Å²) in [5.74, 6) is -0.435. The van der Waals surface area contributed by atoms with Gasteiger partial charge in [0.2, 0.25) is 0 Å². The minimum atomic E-state index is -0.557. The van der Waals surface area contributed by atoms with Crippen LogP contribution in [0.5, 0.6) is 0 Å². The second kappa shape index (κ2) is 56.9. The number of unbranched alkanes of at least 4 members (excludes halogenated alkanes) is 32. The summed E-state index contributed by atoms with van der Waals surface area (Å²) in [4.78, 5) is 25.5. The van der Waals surface area contributed by atoms with Crippen LogP contribution in [0, 0.1) is 0 Å². The van der Waals surface area contributed by atoms with E-state index in [0.717, 1.165) is 70.6 Å². The highest BCUT2D eigenvalue weighted by atomic mass is 16.6. The third-order valence-electron chi connectivity index (χ3n) is 12.5. The Hall–Kier alpha value is -2.40. The average Bonchev–Trinajstić information content (AvgIpc) is 3.32. The molecule has 0 aliphatic heterocycles. The Kier molecular flexibility index (Phi) is 54.9. The van der Waals surface area contributed by atoms with Gasteiger partial charge >= 0.3 is 11.9 Å². The maximum Gasteiger partial charge on any atom is 0.306 e. The third kappa shape index (κ3) is 54.2. The molecule has 0 heterocycles. The lowest BCUT2D eigenvalue weighted by atomic mass is 10.0. The van der Waals surface area contributed by atoms with Gasteiger partial charge in [0.25, 0.3) is 0 Å². The Morgan fingerprint density at radius 3 is 1.14 bits per heavy atom. The fraction of sp³-hybridized carbons (Fsp3) is 0.803. The Morgan fingerprint density at radius 1 is 0.348 bits per heavy atom. The Morgan fingerprint density at radius 2 is 0.682 bits per heavy atom. The first kappa shape index (κ1) is 63.6. The number of rotatable bonds is 53. The number of carbonyl (C=O) groups excluding carboxylic acids is 2. The first-order chi connectivity index (χ1) is 32.6. The number of carbonyl (C=O) groups is 2. The van der Waals surface area contributed by atoms with Crippen molar-refractivity contribution in [1.29, 1.82) is 0 Å². The second-order valence-electron chi connectivity index (χ2n) is 19.2. The fourth-order valence-electron chi connectivity index (χ4n) is 8.26. The van der Waals surface area contributed by atoms with Crippen LogP contribution in [0.2, 0.25) is 0 Å². The first-order valence-electron chi connectivity index (χ1n) is 28.8. The van der Waals surface area contributed by atoms with Crippen LogP contribution in [-0.2, 0) is 23.8 Å². The Balaban J connectivity index is 4.28. The molecule has 384 valence electrons. The van der Waals surface area contributed by atoms with Gasteiger partial charge in [0.05, 0.1) is 6.61 Å². The molecule has 5 nitrogen and oxygen atoms in total. The van der Waals surface area contributed by atoms with Crippen molar-refractivity contribution in [2.24, 2.45) is 0 Å². The van der Waals surface area contributed by atoms with Crippen LogP contribution in [0.3, 0.4) is 0 Å². The predicted molar refractivity (Wildman–Crippen MR) is 288 cm³/mol. The van der Waals surface area contributed by atoms with E-state index in [-0.39, 0.29) is 25.2 Å². The van der Waals surface area contributed by atoms with Crippen molar-refractivity contribution >= 4 is 11.9 Å². The zero-order valence-corrected chi connectivity index (χ0v) is 44.2. The van der Waals surface area contributed by atoms with Crippen molar-refractivity contribution in [1.82, 2.24) is 0 Å². The normalized spacial score (nSPS) is 12.6. The number of hydrogen-bond acceptors (Lipinski definition) is 5. The van der Waals surface area contributed by atoms with E-state index in [4.69, 9.17) is 14.2 Å². The number of esters is 2. The van der Waals surface area contributed by atoms with E-state index in [9.17, 15) is 9.59 Å².